The molecule has 2 N–H and O–H groups in total. The van der Waals surface area contributed by atoms with Crippen molar-refractivity contribution in [3.63, 3.8) is 0 Å². The molecule has 0 aromatic carbocycles. The van der Waals surface area contributed by atoms with Crippen LogP contribution in [0.4, 0.5) is 0 Å². The minimum Gasteiger partial charge on any atom is -0.357 e. The number of nitrogens with zero attached hydrogens (tertiary/aromatic N) is 2. The Morgan fingerprint density at radius 1 is 1.33 bits per heavy atom. The second-order valence-corrected chi connectivity index (χ2v) is 6.43. The van der Waals surface area contributed by atoms with Gasteiger partial charge in [-0.15, -0.1) is 35.3 Å². The van der Waals surface area contributed by atoms with E-state index in [1.54, 1.807) is 11.3 Å². The number of halogens is 1. The van der Waals surface area contributed by atoms with E-state index in [4.69, 9.17) is 0 Å². The number of aryl methyl sites for hydroxylation is 1. The van der Waals surface area contributed by atoms with Crippen LogP contribution in [0, 0.1) is 5.92 Å². The molecule has 4 nitrogen and oxygen atoms in total. The minimum atomic E-state index is 0. The van der Waals surface area contributed by atoms with Gasteiger partial charge in [-0.1, -0.05) is 20.8 Å². The fourth-order valence-electron chi connectivity index (χ4n) is 1.79. The number of hydrogen-bond donors (Lipinski definition) is 2. The smallest absolute Gasteiger partial charge is 0.191 e. The lowest BCUT2D eigenvalue weighted by atomic mass is 10.1. The molecular weight excluding hydrogens is 395 g/mol. The van der Waals surface area contributed by atoms with Crippen molar-refractivity contribution in [1.82, 2.24) is 15.6 Å². The third-order valence-corrected chi connectivity index (χ3v) is 4.04. The molecule has 0 radical (unpaired) electrons. The first kappa shape index (κ1) is 20.6. The lowest BCUT2D eigenvalue weighted by molar-refractivity contribution is 0.549. The number of hydrogen-bond acceptors (Lipinski definition) is 3. The summed E-state index contributed by atoms with van der Waals surface area (Å²) in [6.45, 7) is 11.3. The molecule has 0 bridgehead atoms. The fourth-order valence-corrected chi connectivity index (χ4v) is 2.58. The molecule has 21 heavy (non-hydrogen) atoms. The Labute approximate surface area is 150 Å². The Morgan fingerprint density at radius 3 is 2.67 bits per heavy atom. The second kappa shape index (κ2) is 12.2. The van der Waals surface area contributed by atoms with Crippen molar-refractivity contribution in [1.29, 1.82) is 0 Å². The van der Waals surface area contributed by atoms with E-state index in [1.165, 1.54) is 17.7 Å². The van der Waals surface area contributed by atoms with Crippen LogP contribution in [0.5, 0.6) is 0 Å². The maximum atomic E-state index is 4.59. The van der Waals surface area contributed by atoms with Crippen LogP contribution in [0.2, 0.25) is 0 Å². The lowest BCUT2D eigenvalue weighted by Crippen LogP contribution is -2.37. The number of guanidine groups is 1. The van der Waals surface area contributed by atoms with Gasteiger partial charge in [-0.2, -0.15) is 0 Å². The van der Waals surface area contributed by atoms with Gasteiger partial charge in [0.25, 0.3) is 0 Å². The molecule has 1 aromatic heterocycles. The van der Waals surface area contributed by atoms with E-state index < -0.39 is 0 Å². The van der Waals surface area contributed by atoms with Crippen molar-refractivity contribution < 1.29 is 0 Å². The molecule has 0 aliphatic heterocycles. The van der Waals surface area contributed by atoms with Crippen molar-refractivity contribution in [3.8, 4) is 0 Å². The highest BCUT2D eigenvalue weighted by molar-refractivity contribution is 14.0. The summed E-state index contributed by atoms with van der Waals surface area (Å²) in [5.41, 5.74) is 0. The van der Waals surface area contributed by atoms with E-state index in [2.05, 4.69) is 48.3 Å². The van der Waals surface area contributed by atoms with Crippen LogP contribution in [0.1, 0.15) is 50.4 Å². The molecule has 122 valence electrons. The monoisotopic (exact) mass is 424 g/mol. The summed E-state index contributed by atoms with van der Waals surface area (Å²) in [5, 5.41) is 7.74. The average molecular weight is 424 g/mol. The first-order chi connectivity index (χ1) is 9.65. The molecule has 1 heterocycles. The molecule has 0 unspecified atom stereocenters. The molecule has 1 aromatic rings. The van der Waals surface area contributed by atoms with Gasteiger partial charge in [0.1, 0.15) is 5.01 Å². The highest BCUT2D eigenvalue weighted by atomic mass is 127. The summed E-state index contributed by atoms with van der Waals surface area (Å²) in [6.07, 6.45) is 5.44. The summed E-state index contributed by atoms with van der Waals surface area (Å²) < 4.78 is 0. The van der Waals surface area contributed by atoms with Crippen molar-refractivity contribution in [2.24, 2.45) is 10.9 Å². The van der Waals surface area contributed by atoms with Crippen molar-refractivity contribution in [3.05, 3.63) is 16.1 Å². The Hall–Kier alpha value is -0.370. The SMILES string of the molecule is CCNC(=NCc1ncc(CC)s1)NCCCC(C)C.I. The normalized spacial score (nSPS) is 11.4. The van der Waals surface area contributed by atoms with Gasteiger partial charge in [-0.3, -0.25) is 0 Å². The molecule has 0 aliphatic rings. The molecule has 0 atom stereocenters. The summed E-state index contributed by atoms with van der Waals surface area (Å²) >= 11 is 1.75. The topological polar surface area (TPSA) is 49.3 Å². The average Bonchev–Trinajstić information content (AvgIpc) is 2.88. The Bertz CT molecular complexity index is 404. The van der Waals surface area contributed by atoms with E-state index in [-0.39, 0.29) is 24.0 Å². The van der Waals surface area contributed by atoms with E-state index in [0.29, 0.717) is 6.54 Å². The van der Waals surface area contributed by atoms with E-state index in [9.17, 15) is 0 Å². The summed E-state index contributed by atoms with van der Waals surface area (Å²) in [5.74, 6) is 1.66. The second-order valence-electron chi connectivity index (χ2n) is 5.23. The van der Waals surface area contributed by atoms with Gasteiger partial charge in [0, 0.05) is 24.2 Å². The highest BCUT2D eigenvalue weighted by Gasteiger charge is 2.01. The highest BCUT2D eigenvalue weighted by Crippen LogP contribution is 2.13. The van der Waals surface area contributed by atoms with Gasteiger partial charge >= 0.3 is 0 Å². The number of aromatic nitrogens is 1. The first-order valence-electron chi connectivity index (χ1n) is 7.61. The molecule has 1 rings (SSSR count). The molecular formula is C15H29IN4S. The number of nitrogens with one attached hydrogen (secondary N) is 2. The Kier molecular flexibility index (Phi) is 12.0. The zero-order valence-electron chi connectivity index (χ0n) is 13.6. The van der Waals surface area contributed by atoms with Gasteiger partial charge in [-0.05, 0) is 32.1 Å². The number of rotatable bonds is 8. The molecule has 0 saturated carbocycles. The zero-order chi connectivity index (χ0) is 14.8. The third-order valence-electron chi connectivity index (χ3n) is 2.92. The maximum Gasteiger partial charge on any atom is 0.191 e. The Balaban J connectivity index is 0.00000400. The summed E-state index contributed by atoms with van der Waals surface area (Å²) in [7, 11) is 0. The standard InChI is InChI=1S/C15H28N4S.HI/c1-5-13-10-18-14(20-13)11-19-15(16-6-2)17-9-7-8-12(3)4;/h10,12H,5-9,11H2,1-4H3,(H2,16,17,19);1H. The van der Waals surface area contributed by atoms with Gasteiger partial charge in [0.15, 0.2) is 5.96 Å². The quantitative estimate of drug-likeness (QED) is 0.289. The van der Waals surface area contributed by atoms with Gasteiger partial charge in [0.2, 0.25) is 0 Å². The molecule has 0 fully saturated rings. The molecule has 0 spiro atoms. The molecule has 0 saturated heterocycles. The minimum absolute atomic E-state index is 0. The third kappa shape index (κ3) is 9.29. The summed E-state index contributed by atoms with van der Waals surface area (Å²) in [6, 6.07) is 0. The van der Waals surface area contributed by atoms with Crippen molar-refractivity contribution in [2.45, 2.75) is 53.5 Å². The number of aliphatic imine (C=N–C) groups is 1. The zero-order valence-corrected chi connectivity index (χ0v) is 16.8. The van der Waals surface area contributed by atoms with Gasteiger partial charge in [0.05, 0.1) is 6.54 Å². The lowest BCUT2D eigenvalue weighted by Gasteiger charge is -2.11. The summed E-state index contributed by atoms with van der Waals surface area (Å²) in [4.78, 5) is 10.3. The van der Waals surface area contributed by atoms with Gasteiger partial charge in [-0.25, -0.2) is 9.98 Å². The molecule has 6 heteroatoms. The Morgan fingerprint density at radius 2 is 2.10 bits per heavy atom. The van der Waals surface area contributed by atoms with Crippen LogP contribution >= 0.6 is 35.3 Å². The van der Waals surface area contributed by atoms with Crippen LogP contribution in [0.15, 0.2) is 11.2 Å². The maximum absolute atomic E-state index is 4.59. The van der Waals surface area contributed by atoms with Crippen LogP contribution in [-0.4, -0.2) is 24.0 Å². The van der Waals surface area contributed by atoms with Crippen LogP contribution in [0.25, 0.3) is 0 Å². The van der Waals surface area contributed by atoms with Crippen LogP contribution < -0.4 is 10.6 Å². The van der Waals surface area contributed by atoms with Crippen molar-refractivity contribution >= 4 is 41.3 Å². The van der Waals surface area contributed by atoms with Gasteiger partial charge < -0.3 is 10.6 Å². The number of thiazole rings is 1. The predicted octanol–water partition coefficient (Wildman–Crippen LogP) is 3.81. The molecule has 0 aliphatic carbocycles. The van der Waals surface area contributed by atoms with Crippen molar-refractivity contribution in [2.75, 3.05) is 13.1 Å². The largest absolute Gasteiger partial charge is 0.357 e. The fraction of sp³-hybridized carbons (Fsp3) is 0.733. The van der Waals surface area contributed by atoms with Crippen LogP contribution in [-0.2, 0) is 13.0 Å². The van der Waals surface area contributed by atoms with Crippen LogP contribution in [0.3, 0.4) is 0 Å². The van der Waals surface area contributed by atoms with E-state index >= 15 is 0 Å². The first-order valence-corrected chi connectivity index (χ1v) is 8.43. The molecule has 0 amide bonds. The van der Waals surface area contributed by atoms with E-state index in [1.807, 2.05) is 6.20 Å². The predicted molar refractivity (Wildman–Crippen MR) is 104 cm³/mol. The van der Waals surface area contributed by atoms with E-state index in [0.717, 1.165) is 36.4 Å².